The number of methoxy groups -OCH3 is 1. The lowest BCUT2D eigenvalue weighted by Gasteiger charge is -2.05. The number of para-hydroxylation sites is 1. The summed E-state index contributed by atoms with van der Waals surface area (Å²) in [5, 5.41) is 10.4. The van der Waals surface area contributed by atoms with Crippen LogP contribution >= 0.6 is 0 Å². The van der Waals surface area contributed by atoms with Crippen LogP contribution in [0.15, 0.2) is 52.9 Å². The summed E-state index contributed by atoms with van der Waals surface area (Å²) in [5.74, 6) is 0.920. The molecule has 0 aliphatic carbocycles. The van der Waals surface area contributed by atoms with Crippen molar-refractivity contribution in [1.82, 2.24) is 10.2 Å². The summed E-state index contributed by atoms with van der Waals surface area (Å²) < 4.78 is 16.1. The highest BCUT2D eigenvalue weighted by Gasteiger charge is 2.18. The van der Waals surface area contributed by atoms with Crippen molar-refractivity contribution in [3.05, 3.63) is 54.4 Å². The predicted octanol–water partition coefficient (Wildman–Crippen LogP) is 3.40. The molecular formula is C18H17N3O4. The molecule has 1 aromatic heterocycles. The molecule has 1 N–H and O–H groups in total. The van der Waals surface area contributed by atoms with E-state index < -0.39 is 5.91 Å². The Morgan fingerprint density at radius 1 is 1.12 bits per heavy atom. The molecule has 0 atom stereocenters. The Labute approximate surface area is 144 Å². The Kier molecular flexibility index (Phi) is 4.94. The maximum Gasteiger partial charge on any atom is 0.313 e. The average molecular weight is 339 g/mol. The van der Waals surface area contributed by atoms with Crippen LogP contribution in [0.25, 0.3) is 11.5 Å². The maximum absolute atomic E-state index is 12.3. The summed E-state index contributed by atoms with van der Waals surface area (Å²) in [6, 6.07) is 14.2. The van der Waals surface area contributed by atoms with Crippen LogP contribution in [0.1, 0.15) is 17.6 Å². The van der Waals surface area contributed by atoms with E-state index in [0.29, 0.717) is 23.6 Å². The van der Waals surface area contributed by atoms with Gasteiger partial charge in [-0.3, -0.25) is 4.79 Å². The molecule has 7 heteroatoms. The standard InChI is InChI=1S/C18H17N3O4/c1-3-24-13-10-8-12(9-11-13)19-16(22)18-21-20-17(25-18)14-6-4-5-7-15(14)23-2/h4-11H,3H2,1-2H3,(H,19,22). The Morgan fingerprint density at radius 3 is 2.60 bits per heavy atom. The summed E-state index contributed by atoms with van der Waals surface area (Å²) in [6.07, 6.45) is 0. The Morgan fingerprint density at radius 2 is 1.88 bits per heavy atom. The van der Waals surface area contributed by atoms with Gasteiger partial charge in [0.25, 0.3) is 5.89 Å². The highest BCUT2D eigenvalue weighted by molar-refractivity contribution is 6.01. The van der Waals surface area contributed by atoms with E-state index in [-0.39, 0.29) is 11.8 Å². The fourth-order valence-corrected chi connectivity index (χ4v) is 2.23. The van der Waals surface area contributed by atoms with Gasteiger partial charge < -0.3 is 19.2 Å². The topological polar surface area (TPSA) is 86.5 Å². The van der Waals surface area contributed by atoms with E-state index in [9.17, 15) is 4.79 Å². The number of amides is 1. The first-order valence-electron chi connectivity index (χ1n) is 7.72. The number of ether oxygens (including phenoxy) is 2. The SMILES string of the molecule is CCOc1ccc(NC(=O)c2nnc(-c3ccccc3OC)o2)cc1. The third kappa shape index (κ3) is 3.77. The lowest BCUT2D eigenvalue weighted by molar-refractivity contribution is 0.0991. The van der Waals surface area contributed by atoms with Gasteiger partial charge in [-0.15, -0.1) is 10.2 Å². The summed E-state index contributed by atoms with van der Waals surface area (Å²) >= 11 is 0. The van der Waals surface area contributed by atoms with Crippen molar-refractivity contribution in [3.8, 4) is 23.0 Å². The van der Waals surface area contributed by atoms with E-state index in [2.05, 4.69) is 15.5 Å². The molecule has 0 fully saturated rings. The molecule has 0 unspecified atom stereocenters. The smallest absolute Gasteiger partial charge is 0.313 e. The van der Waals surface area contributed by atoms with Crippen molar-refractivity contribution in [2.75, 3.05) is 19.0 Å². The predicted molar refractivity (Wildman–Crippen MR) is 91.9 cm³/mol. The molecular weight excluding hydrogens is 322 g/mol. The normalized spacial score (nSPS) is 10.3. The van der Waals surface area contributed by atoms with E-state index >= 15 is 0 Å². The molecule has 0 saturated heterocycles. The molecule has 0 radical (unpaired) electrons. The summed E-state index contributed by atoms with van der Waals surface area (Å²) in [6.45, 7) is 2.49. The van der Waals surface area contributed by atoms with Crippen LogP contribution in [0, 0.1) is 0 Å². The van der Waals surface area contributed by atoms with Crippen LogP contribution in [0.3, 0.4) is 0 Å². The molecule has 3 aromatic rings. The number of hydrogen-bond acceptors (Lipinski definition) is 6. The molecule has 3 rings (SSSR count). The molecule has 1 amide bonds. The van der Waals surface area contributed by atoms with Crippen molar-refractivity contribution in [1.29, 1.82) is 0 Å². The van der Waals surface area contributed by atoms with Crippen LogP contribution in [-0.2, 0) is 0 Å². The number of nitrogens with zero attached hydrogens (tertiary/aromatic N) is 2. The van der Waals surface area contributed by atoms with Crippen LogP contribution in [0.2, 0.25) is 0 Å². The minimum Gasteiger partial charge on any atom is -0.496 e. The second-order valence-electron chi connectivity index (χ2n) is 5.02. The van der Waals surface area contributed by atoms with Gasteiger partial charge in [-0.05, 0) is 43.3 Å². The largest absolute Gasteiger partial charge is 0.496 e. The number of anilines is 1. The fraction of sp³-hybridized carbons (Fsp3) is 0.167. The van der Waals surface area contributed by atoms with Gasteiger partial charge >= 0.3 is 11.8 Å². The quantitative estimate of drug-likeness (QED) is 0.741. The highest BCUT2D eigenvalue weighted by Crippen LogP contribution is 2.28. The first kappa shape index (κ1) is 16.5. The fourth-order valence-electron chi connectivity index (χ4n) is 2.23. The zero-order valence-electron chi connectivity index (χ0n) is 13.9. The molecule has 128 valence electrons. The lowest BCUT2D eigenvalue weighted by Crippen LogP contribution is -2.12. The third-order valence-corrected chi connectivity index (χ3v) is 3.38. The maximum atomic E-state index is 12.3. The van der Waals surface area contributed by atoms with Gasteiger partial charge in [-0.1, -0.05) is 12.1 Å². The number of carbonyl (C=O) groups excluding carboxylic acids is 1. The second kappa shape index (κ2) is 7.48. The second-order valence-corrected chi connectivity index (χ2v) is 5.02. The molecule has 0 bridgehead atoms. The van der Waals surface area contributed by atoms with Crippen LogP contribution in [-0.4, -0.2) is 29.8 Å². The van der Waals surface area contributed by atoms with Crippen molar-refractivity contribution in [2.24, 2.45) is 0 Å². The van der Waals surface area contributed by atoms with Crippen molar-refractivity contribution in [3.63, 3.8) is 0 Å². The molecule has 0 aliphatic heterocycles. The van der Waals surface area contributed by atoms with Crippen molar-refractivity contribution < 1.29 is 18.7 Å². The number of nitrogens with one attached hydrogen (secondary N) is 1. The van der Waals surface area contributed by atoms with Crippen LogP contribution in [0.4, 0.5) is 5.69 Å². The minimum absolute atomic E-state index is 0.130. The first-order valence-corrected chi connectivity index (χ1v) is 7.72. The summed E-state index contributed by atoms with van der Waals surface area (Å²) in [7, 11) is 1.55. The average Bonchev–Trinajstić information content (AvgIpc) is 3.13. The molecule has 7 nitrogen and oxygen atoms in total. The van der Waals surface area contributed by atoms with Gasteiger partial charge in [0.05, 0.1) is 19.3 Å². The number of carbonyl (C=O) groups is 1. The van der Waals surface area contributed by atoms with E-state index in [1.54, 1.807) is 43.5 Å². The van der Waals surface area contributed by atoms with Crippen LogP contribution in [0.5, 0.6) is 11.5 Å². The number of hydrogen-bond donors (Lipinski definition) is 1. The van der Waals surface area contributed by atoms with Gasteiger partial charge in [0.2, 0.25) is 0 Å². The lowest BCUT2D eigenvalue weighted by atomic mass is 10.2. The zero-order chi connectivity index (χ0) is 17.6. The molecule has 2 aromatic carbocycles. The monoisotopic (exact) mass is 339 g/mol. The first-order chi connectivity index (χ1) is 12.2. The Hall–Kier alpha value is -3.35. The van der Waals surface area contributed by atoms with Gasteiger partial charge in [-0.25, -0.2) is 0 Å². The Bertz CT molecular complexity index is 859. The van der Waals surface area contributed by atoms with Crippen molar-refractivity contribution >= 4 is 11.6 Å². The van der Waals surface area contributed by atoms with E-state index in [1.165, 1.54) is 0 Å². The third-order valence-electron chi connectivity index (χ3n) is 3.38. The zero-order valence-corrected chi connectivity index (χ0v) is 13.9. The molecule has 1 heterocycles. The minimum atomic E-state index is -0.488. The molecule has 0 spiro atoms. The Balaban J connectivity index is 1.74. The van der Waals surface area contributed by atoms with Crippen molar-refractivity contribution in [2.45, 2.75) is 6.92 Å². The summed E-state index contributed by atoms with van der Waals surface area (Å²) in [5.41, 5.74) is 1.23. The molecule has 0 aliphatic rings. The number of rotatable bonds is 6. The van der Waals surface area contributed by atoms with E-state index in [4.69, 9.17) is 13.9 Å². The van der Waals surface area contributed by atoms with Gasteiger partial charge in [-0.2, -0.15) is 0 Å². The van der Waals surface area contributed by atoms with Gasteiger partial charge in [0.1, 0.15) is 11.5 Å². The molecule has 0 saturated carbocycles. The number of benzene rings is 2. The number of aromatic nitrogens is 2. The highest BCUT2D eigenvalue weighted by atomic mass is 16.5. The van der Waals surface area contributed by atoms with E-state index in [1.807, 2.05) is 19.1 Å². The van der Waals surface area contributed by atoms with Crippen LogP contribution < -0.4 is 14.8 Å². The summed E-state index contributed by atoms with van der Waals surface area (Å²) in [4.78, 5) is 12.3. The van der Waals surface area contributed by atoms with Gasteiger partial charge in [0.15, 0.2) is 0 Å². The molecule has 25 heavy (non-hydrogen) atoms. The van der Waals surface area contributed by atoms with Gasteiger partial charge in [0, 0.05) is 5.69 Å². The van der Waals surface area contributed by atoms with E-state index in [0.717, 1.165) is 5.75 Å².